The van der Waals surface area contributed by atoms with E-state index in [1.165, 1.54) is 0 Å². The predicted octanol–water partition coefficient (Wildman–Crippen LogP) is 4.62. The average molecular weight is 325 g/mol. The van der Waals surface area contributed by atoms with Gasteiger partial charge in [-0.15, -0.1) is 0 Å². The van der Waals surface area contributed by atoms with Crippen LogP contribution in [0.3, 0.4) is 0 Å². The Hall–Kier alpha value is -2.13. The molecule has 4 heteroatoms. The van der Waals surface area contributed by atoms with Crippen molar-refractivity contribution in [1.82, 2.24) is 4.98 Å². The van der Waals surface area contributed by atoms with Crippen LogP contribution in [0.25, 0.3) is 11.1 Å². The number of aromatic nitrogens is 1. The van der Waals surface area contributed by atoms with Crippen LogP contribution < -0.4 is 5.32 Å². The number of rotatable bonds is 2. The van der Waals surface area contributed by atoms with Crippen molar-refractivity contribution in [3.8, 4) is 11.1 Å². The Bertz CT molecular complexity index is 833. The van der Waals surface area contributed by atoms with Gasteiger partial charge in [0.15, 0.2) is 5.78 Å². The summed E-state index contributed by atoms with van der Waals surface area (Å²) in [6.45, 7) is 2.45. The molecule has 1 aliphatic heterocycles. The number of carbonyl (C=O) groups is 1. The van der Waals surface area contributed by atoms with Crippen molar-refractivity contribution in [2.45, 2.75) is 25.2 Å². The summed E-state index contributed by atoms with van der Waals surface area (Å²) >= 11 is 6.80. The molecule has 0 saturated heterocycles. The average Bonchev–Trinajstić information content (AvgIpc) is 3.17. The highest BCUT2D eigenvalue weighted by Crippen LogP contribution is 2.49. The van der Waals surface area contributed by atoms with Gasteiger partial charge in [-0.05, 0) is 31.4 Å². The molecule has 2 aliphatic rings. The number of ketones is 1. The molecule has 0 radical (unpaired) electrons. The van der Waals surface area contributed by atoms with E-state index < -0.39 is 0 Å². The number of Topliss-reactive ketones (excluding diaryl/α,β-unsaturated/α-hetero) is 1. The third-order valence-electron chi connectivity index (χ3n) is 4.90. The topological polar surface area (TPSA) is 42.0 Å². The van der Waals surface area contributed by atoms with E-state index in [2.05, 4.69) is 22.5 Å². The van der Waals surface area contributed by atoms with Gasteiger partial charge >= 0.3 is 0 Å². The number of carbonyl (C=O) groups excluding carboxylic acids is 1. The number of halogens is 1. The number of nitrogens with one attached hydrogen (secondary N) is 1. The molecule has 0 bridgehead atoms. The smallest absolute Gasteiger partial charge is 0.159 e. The van der Waals surface area contributed by atoms with E-state index in [1.54, 1.807) is 13.1 Å². The zero-order chi connectivity index (χ0) is 16.0. The van der Waals surface area contributed by atoms with Crippen LogP contribution >= 0.6 is 11.6 Å². The van der Waals surface area contributed by atoms with Gasteiger partial charge in [-0.2, -0.15) is 0 Å². The number of pyridine rings is 1. The summed E-state index contributed by atoms with van der Waals surface area (Å²) in [6, 6.07) is 7.58. The molecule has 116 valence electrons. The summed E-state index contributed by atoms with van der Waals surface area (Å²) in [5.41, 5.74) is 3.67. The van der Waals surface area contributed by atoms with Gasteiger partial charge in [-0.1, -0.05) is 42.0 Å². The van der Waals surface area contributed by atoms with Crippen LogP contribution in [-0.2, 0) is 5.41 Å². The SMILES string of the molecule is CC(=O)c1cccc(-c2cnc3c(c2Cl)C2(CC=CC2)CN3)c1. The molecule has 1 aliphatic carbocycles. The van der Waals surface area contributed by atoms with Gasteiger partial charge in [-0.25, -0.2) is 4.98 Å². The second-order valence-electron chi connectivity index (χ2n) is 6.36. The maximum absolute atomic E-state index is 11.6. The van der Waals surface area contributed by atoms with Gasteiger partial charge in [0, 0.05) is 34.8 Å². The van der Waals surface area contributed by atoms with Gasteiger partial charge in [-0.3, -0.25) is 4.79 Å². The van der Waals surface area contributed by atoms with E-state index in [1.807, 2.05) is 24.3 Å². The minimum Gasteiger partial charge on any atom is -0.369 e. The predicted molar refractivity (Wildman–Crippen MR) is 93.2 cm³/mol. The number of fused-ring (bicyclic) bond motifs is 2. The Morgan fingerprint density at radius 2 is 2.09 bits per heavy atom. The second-order valence-corrected chi connectivity index (χ2v) is 6.74. The Morgan fingerprint density at radius 1 is 1.30 bits per heavy atom. The maximum atomic E-state index is 11.6. The first kappa shape index (κ1) is 14.5. The molecule has 2 aromatic rings. The first-order chi connectivity index (χ1) is 11.1. The monoisotopic (exact) mass is 324 g/mol. The number of hydrogen-bond acceptors (Lipinski definition) is 3. The lowest BCUT2D eigenvalue weighted by Gasteiger charge is -2.24. The second kappa shape index (κ2) is 5.20. The van der Waals surface area contributed by atoms with E-state index in [0.29, 0.717) is 5.56 Å². The van der Waals surface area contributed by atoms with Crippen molar-refractivity contribution in [2.24, 2.45) is 0 Å². The zero-order valence-corrected chi connectivity index (χ0v) is 13.7. The summed E-state index contributed by atoms with van der Waals surface area (Å²) in [7, 11) is 0. The van der Waals surface area contributed by atoms with E-state index in [-0.39, 0.29) is 11.2 Å². The molecular formula is C19H17ClN2O. The molecule has 0 saturated carbocycles. The highest BCUT2D eigenvalue weighted by Gasteiger charge is 2.42. The molecule has 2 heterocycles. The van der Waals surface area contributed by atoms with Crippen molar-refractivity contribution in [2.75, 3.05) is 11.9 Å². The highest BCUT2D eigenvalue weighted by molar-refractivity contribution is 6.34. The number of nitrogens with zero attached hydrogens (tertiary/aromatic N) is 1. The summed E-state index contributed by atoms with van der Waals surface area (Å²) in [4.78, 5) is 16.2. The standard InChI is InChI=1S/C19H17ClN2O/c1-12(23)13-5-4-6-14(9-13)15-10-21-18-16(17(15)20)19(11-22-18)7-2-3-8-19/h2-6,9-10H,7-8,11H2,1H3,(H,21,22). The van der Waals surface area contributed by atoms with E-state index in [9.17, 15) is 4.79 Å². The molecule has 0 amide bonds. The zero-order valence-electron chi connectivity index (χ0n) is 12.9. The van der Waals surface area contributed by atoms with Gasteiger partial charge < -0.3 is 5.32 Å². The third kappa shape index (κ3) is 2.19. The lowest BCUT2D eigenvalue weighted by Crippen LogP contribution is -2.25. The Kier molecular flexibility index (Phi) is 3.27. The van der Waals surface area contributed by atoms with Crippen LogP contribution in [0.15, 0.2) is 42.6 Å². The molecule has 0 unspecified atom stereocenters. The van der Waals surface area contributed by atoms with Crippen LogP contribution in [0.1, 0.15) is 35.7 Å². The van der Waals surface area contributed by atoms with Crippen molar-refractivity contribution in [3.05, 3.63) is 58.8 Å². The van der Waals surface area contributed by atoms with E-state index >= 15 is 0 Å². The van der Waals surface area contributed by atoms with Crippen molar-refractivity contribution in [1.29, 1.82) is 0 Å². The number of allylic oxidation sites excluding steroid dienone is 2. The minimum atomic E-state index is 0.0353. The van der Waals surface area contributed by atoms with E-state index in [4.69, 9.17) is 11.6 Å². The Labute approximate surface area is 140 Å². The van der Waals surface area contributed by atoms with Gasteiger partial charge in [0.05, 0.1) is 5.02 Å². The quantitative estimate of drug-likeness (QED) is 0.647. The molecule has 4 rings (SSSR count). The van der Waals surface area contributed by atoms with Crippen LogP contribution in [0.4, 0.5) is 5.82 Å². The van der Waals surface area contributed by atoms with Gasteiger partial charge in [0.1, 0.15) is 5.82 Å². The molecule has 3 nitrogen and oxygen atoms in total. The van der Waals surface area contributed by atoms with Crippen LogP contribution in [0.2, 0.25) is 5.02 Å². The maximum Gasteiger partial charge on any atom is 0.159 e. The summed E-state index contributed by atoms with van der Waals surface area (Å²) in [5.74, 6) is 0.945. The molecule has 1 aromatic carbocycles. The molecule has 1 aromatic heterocycles. The molecule has 23 heavy (non-hydrogen) atoms. The fourth-order valence-electron chi connectivity index (χ4n) is 3.60. The van der Waals surface area contributed by atoms with E-state index in [0.717, 1.165) is 46.9 Å². The van der Waals surface area contributed by atoms with Crippen LogP contribution in [0, 0.1) is 0 Å². The first-order valence-corrected chi connectivity index (χ1v) is 8.18. The molecule has 1 N–H and O–H groups in total. The lowest BCUT2D eigenvalue weighted by atomic mass is 9.80. The Balaban J connectivity index is 1.86. The summed E-state index contributed by atoms with van der Waals surface area (Å²) < 4.78 is 0. The van der Waals surface area contributed by atoms with Gasteiger partial charge in [0.2, 0.25) is 0 Å². The number of hydrogen-bond donors (Lipinski definition) is 1. The molecule has 0 fully saturated rings. The fraction of sp³-hybridized carbons (Fsp3) is 0.263. The lowest BCUT2D eigenvalue weighted by molar-refractivity contribution is 0.101. The normalized spacial score (nSPS) is 17.3. The number of benzene rings is 1. The Morgan fingerprint density at radius 3 is 2.83 bits per heavy atom. The van der Waals surface area contributed by atoms with Crippen LogP contribution in [0.5, 0.6) is 0 Å². The highest BCUT2D eigenvalue weighted by atomic mass is 35.5. The van der Waals surface area contributed by atoms with Crippen molar-refractivity contribution >= 4 is 23.2 Å². The summed E-state index contributed by atoms with van der Waals surface area (Å²) in [5, 5.41) is 4.15. The van der Waals surface area contributed by atoms with Crippen molar-refractivity contribution in [3.63, 3.8) is 0 Å². The van der Waals surface area contributed by atoms with Gasteiger partial charge in [0.25, 0.3) is 0 Å². The largest absolute Gasteiger partial charge is 0.369 e. The van der Waals surface area contributed by atoms with Crippen LogP contribution in [-0.4, -0.2) is 17.3 Å². The fourth-order valence-corrected chi connectivity index (χ4v) is 4.05. The first-order valence-electron chi connectivity index (χ1n) is 7.80. The molecular weight excluding hydrogens is 308 g/mol. The minimum absolute atomic E-state index is 0.0353. The third-order valence-corrected chi connectivity index (χ3v) is 5.30. The number of anilines is 1. The van der Waals surface area contributed by atoms with Crippen molar-refractivity contribution < 1.29 is 4.79 Å². The molecule has 1 spiro atoms. The molecule has 0 atom stereocenters. The summed E-state index contributed by atoms with van der Waals surface area (Å²) in [6.07, 6.45) is 8.22.